The summed E-state index contributed by atoms with van der Waals surface area (Å²) in [6.45, 7) is 3.02. The lowest BCUT2D eigenvalue weighted by Gasteiger charge is -2.39. The number of piperidine rings is 1. The highest BCUT2D eigenvalue weighted by molar-refractivity contribution is 5.93. The number of aromatic amines is 2. The maximum atomic E-state index is 12.8. The SMILES string of the molecule is Cc1n[nH]nc1C(=O)N1CCC2(CCc3c2nc(-c2ccccc2)[nH]c3=O)CC1. The fourth-order valence-corrected chi connectivity index (χ4v) is 4.64. The quantitative estimate of drug-likeness (QED) is 0.696. The maximum absolute atomic E-state index is 12.8. The monoisotopic (exact) mass is 390 g/mol. The number of likely N-dealkylation sites (tertiary alicyclic amines) is 1. The number of hydrogen-bond donors (Lipinski definition) is 2. The first-order chi connectivity index (χ1) is 14.1. The summed E-state index contributed by atoms with van der Waals surface area (Å²) in [5.41, 5.74) is 3.45. The molecule has 148 valence electrons. The van der Waals surface area contributed by atoms with Crippen LogP contribution >= 0.6 is 0 Å². The van der Waals surface area contributed by atoms with Crippen LogP contribution in [0.15, 0.2) is 35.1 Å². The molecule has 1 spiro atoms. The van der Waals surface area contributed by atoms with Crippen molar-refractivity contribution in [3.8, 4) is 11.4 Å². The van der Waals surface area contributed by atoms with E-state index in [4.69, 9.17) is 4.98 Å². The first-order valence-corrected chi connectivity index (χ1v) is 9.93. The molecule has 2 N–H and O–H groups in total. The van der Waals surface area contributed by atoms with E-state index in [1.165, 1.54) is 0 Å². The summed E-state index contributed by atoms with van der Waals surface area (Å²) in [7, 11) is 0. The Bertz CT molecular complexity index is 1130. The van der Waals surface area contributed by atoms with E-state index in [2.05, 4.69) is 20.4 Å². The molecule has 0 bridgehead atoms. The Kier molecular flexibility index (Phi) is 4.08. The van der Waals surface area contributed by atoms with E-state index >= 15 is 0 Å². The van der Waals surface area contributed by atoms with Gasteiger partial charge in [-0.1, -0.05) is 30.3 Å². The molecule has 1 aromatic carbocycles. The number of rotatable bonds is 2. The van der Waals surface area contributed by atoms with E-state index in [1.807, 2.05) is 35.2 Å². The van der Waals surface area contributed by atoms with Gasteiger partial charge in [-0.2, -0.15) is 15.4 Å². The second kappa shape index (κ2) is 6.65. The van der Waals surface area contributed by atoms with Crippen LogP contribution in [0.2, 0.25) is 0 Å². The number of carbonyl (C=O) groups excluding carboxylic acids is 1. The highest BCUT2D eigenvalue weighted by Gasteiger charge is 2.45. The molecule has 2 aliphatic rings. The van der Waals surface area contributed by atoms with E-state index in [-0.39, 0.29) is 16.9 Å². The van der Waals surface area contributed by atoms with Crippen molar-refractivity contribution in [1.82, 2.24) is 30.3 Å². The van der Waals surface area contributed by atoms with Gasteiger partial charge in [-0.05, 0) is 32.6 Å². The molecule has 8 nitrogen and oxygen atoms in total. The maximum Gasteiger partial charge on any atom is 0.276 e. The van der Waals surface area contributed by atoms with Crippen LogP contribution in [0.25, 0.3) is 11.4 Å². The molecule has 3 heterocycles. The van der Waals surface area contributed by atoms with Gasteiger partial charge in [-0.3, -0.25) is 9.59 Å². The third kappa shape index (κ3) is 2.86. The molecule has 0 unspecified atom stereocenters. The van der Waals surface area contributed by atoms with Crippen LogP contribution in [0.5, 0.6) is 0 Å². The van der Waals surface area contributed by atoms with Gasteiger partial charge in [0.1, 0.15) is 5.82 Å². The van der Waals surface area contributed by atoms with Gasteiger partial charge in [0.25, 0.3) is 11.5 Å². The fraction of sp³-hybridized carbons (Fsp3) is 0.381. The van der Waals surface area contributed by atoms with Crippen LogP contribution in [0, 0.1) is 6.92 Å². The molecule has 2 aromatic heterocycles. The van der Waals surface area contributed by atoms with Crippen LogP contribution in [-0.4, -0.2) is 49.3 Å². The normalized spacial score (nSPS) is 17.5. The van der Waals surface area contributed by atoms with Gasteiger partial charge in [0.2, 0.25) is 0 Å². The van der Waals surface area contributed by atoms with E-state index in [9.17, 15) is 9.59 Å². The van der Waals surface area contributed by atoms with Crippen molar-refractivity contribution in [2.24, 2.45) is 0 Å². The van der Waals surface area contributed by atoms with Crippen LogP contribution in [-0.2, 0) is 11.8 Å². The van der Waals surface area contributed by atoms with E-state index in [1.54, 1.807) is 6.92 Å². The topological polar surface area (TPSA) is 108 Å². The third-order valence-corrected chi connectivity index (χ3v) is 6.35. The molecule has 0 radical (unpaired) electrons. The van der Waals surface area contributed by atoms with Crippen molar-refractivity contribution >= 4 is 5.91 Å². The summed E-state index contributed by atoms with van der Waals surface area (Å²) < 4.78 is 0. The predicted molar refractivity (Wildman–Crippen MR) is 107 cm³/mol. The number of nitrogens with one attached hydrogen (secondary N) is 2. The van der Waals surface area contributed by atoms with Crippen molar-refractivity contribution in [2.75, 3.05) is 13.1 Å². The fourth-order valence-electron chi connectivity index (χ4n) is 4.64. The minimum atomic E-state index is -0.136. The van der Waals surface area contributed by atoms with Crippen LogP contribution in [0.1, 0.15) is 46.7 Å². The second-order valence-electron chi connectivity index (χ2n) is 7.94. The van der Waals surface area contributed by atoms with Gasteiger partial charge in [0, 0.05) is 29.6 Å². The molecular weight excluding hydrogens is 368 g/mol. The zero-order chi connectivity index (χ0) is 20.0. The summed E-state index contributed by atoms with van der Waals surface area (Å²) in [5.74, 6) is 0.528. The van der Waals surface area contributed by atoms with Gasteiger partial charge < -0.3 is 9.88 Å². The van der Waals surface area contributed by atoms with Gasteiger partial charge in [0.15, 0.2) is 5.69 Å². The lowest BCUT2D eigenvalue weighted by molar-refractivity contribution is 0.0657. The number of hydrogen-bond acceptors (Lipinski definition) is 5. The minimum Gasteiger partial charge on any atom is -0.337 e. The number of benzene rings is 1. The van der Waals surface area contributed by atoms with Crippen LogP contribution in [0.3, 0.4) is 0 Å². The lowest BCUT2D eigenvalue weighted by Crippen LogP contribution is -2.45. The summed E-state index contributed by atoms with van der Waals surface area (Å²) in [4.78, 5) is 35.2. The molecule has 0 atom stereocenters. The molecule has 1 amide bonds. The lowest BCUT2D eigenvalue weighted by atomic mass is 9.76. The van der Waals surface area contributed by atoms with Crippen molar-refractivity contribution in [3.05, 3.63) is 63.3 Å². The van der Waals surface area contributed by atoms with Crippen molar-refractivity contribution in [3.63, 3.8) is 0 Å². The number of aromatic nitrogens is 5. The molecule has 8 heteroatoms. The van der Waals surface area contributed by atoms with Gasteiger partial charge >= 0.3 is 0 Å². The van der Waals surface area contributed by atoms with E-state index in [0.717, 1.165) is 42.5 Å². The summed E-state index contributed by atoms with van der Waals surface area (Å²) >= 11 is 0. The molecule has 1 aliphatic carbocycles. The Morgan fingerprint density at radius 1 is 1.10 bits per heavy atom. The number of H-pyrrole nitrogens is 2. The Labute approximate surface area is 167 Å². The summed E-state index contributed by atoms with van der Waals surface area (Å²) in [6, 6.07) is 9.73. The van der Waals surface area contributed by atoms with Gasteiger partial charge in [-0.25, -0.2) is 4.98 Å². The molecule has 0 saturated carbocycles. The van der Waals surface area contributed by atoms with Crippen LogP contribution in [0.4, 0.5) is 0 Å². The molecule has 3 aromatic rings. The molecular formula is C21H22N6O2. The van der Waals surface area contributed by atoms with E-state index in [0.29, 0.717) is 30.3 Å². The average molecular weight is 390 g/mol. The predicted octanol–water partition coefficient (Wildman–Crippen LogP) is 1.98. The molecule has 1 fully saturated rings. The van der Waals surface area contributed by atoms with Crippen molar-refractivity contribution in [2.45, 2.75) is 38.0 Å². The number of nitrogens with zero attached hydrogens (tertiary/aromatic N) is 4. The standard InChI is InChI=1S/C21H22N6O2/c1-13-16(25-26-24-13)20(29)27-11-9-21(10-12-27)8-7-15-17(21)22-18(23-19(15)28)14-5-3-2-4-6-14/h2-6H,7-12H2,1H3,(H,22,23,28)(H,24,25,26). The molecule has 29 heavy (non-hydrogen) atoms. The highest BCUT2D eigenvalue weighted by atomic mass is 16.2. The number of aryl methyl sites for hydroxylation is 1. The Morgan fingerprint density at radius 2 is 1.86 bits per heavy atom. The minimum absolute atomic E-state index is 0.0394. The molecule has 5 rings (SSSR count). The Hall–Kier alpha value is -3.29. The third-order valence-electron chi connectivity index (χ3n) is 6.35. The molecule has 1 saturated heterocycles. The van der Waals surface area contributed by atoms with Crippen molar-refractivity contribution < 1.29 is 4.79 Å². The Morgan fingerprint density at radius 3 is 2.55 bits per heavy atom. The zero-order valence-corrected chi connectivity index (χ0v) is 16.2. The molecule has 1 aliphatic heterocycles. The Balaban J connectivity index is 1.43. The van der Waals surface area contributed by atoms with Crippen molar-refractivity contribution in [1.29, 1.82) is 0 Å². The summed E-state index contributed by atoms with van der Waals surface area (Å²) in [5, 5.41) is 10.4. The smallest absolute Gasteiger partial charge is 0.276 e. The largest absolute Gasteiger partial charge is 0.337 e. The number of fused-ring (bicyclic) bond motifs is 2. The second-order valence-corrected chi connectivity index (χ2v) is 7.94. The first kappa shape index (κ1) is 17.8. The number of carbonyl (C=O) groups is 1. The highest BCUT2D eigenvalue weighted by Crippen LogP contribution is 2.44. The first-order valence-electron chi connectivity index (χ1n) is 9.93. The summed E-state index contributed by atoms with van der Waals surface area (Å²) in [6.07, 6.45) is 3.24. The number of amides is 1. The van der Waals surface area contributed by atoms with Gasteiger partial charge in [-0.15, -0.1) is 0 Å². The van der Waals surface area contributed by atoms with Gasteiger partial charge in [0.05, 0.1) is 11.4 Å². The van der Waals surface area contributed by atoms with Crippen LogP contribution < -0.4 is 5.56 Å². The average Bonchev–Trinajstić information content (AvgIpc) is 3.33. The zero-order valence-electron chi connectivity index (χ0n) is 16.2. The van der Waals surface area contributed by atoms with E-state index < -0.39 is 0 Å².